The van der Waals surface area contributed by atoms with E-state index in [2.05, 4.69) is 13.8 Å². The van der Waals surface area contributed by atoms with E-state index in [9.17, 15) is 9.59 Å². The van der Waals surface area contributed by atoms with E-state index >= 15 is 0 Å². The molecular weight excluding hydrogens is 360 g/mol. The molecule has 1 aromatic heterocycles. The first-order valence-corrected chi connectivity index (χ1v) is 11.2. The van der Waals surface area contributed by atoms with Crippen molar-refractivity contribution in [2.75, 3.05) is 11.9 Å². The average molecular weight is 395 g/mol. The molecule has 1 amide bonds. The monoisotopic (exact) mass is 394 g/mol. The molecule has 0 bridgehead atoms. The molecule has 1 aromatic carbocycles. The van der Waals surface area contributed by atoms with E-state index in [0.717, 1.165) is 42.8 Å². The molecule has 0 N–H and O–H groups in total. The van der Waals surface area contributed by atoms with Crippen molar-refractivity contribution >= 4 is 11.6 Å². The van der Waals surface area contributed by atoms with Crippen molar-refractivity contribution < 1.29 is 4.79 Å². The first-order chi connectivity index (χ1) is 14.1. The molecule has 0 spiro atoms. The van der Waals surface area contributed by atoms with Crippen LogP contribution in [0.5, 0.6) is 0 Å². The summed E-state index contributed by atoms with van der Waals surface area (Å²) in [5, 5.41) is 0. The molecule has 156 valence electrons. The summed E-state index contributed by atoms with van der Waals surface area (Å²) in [6, 6.07) is 11.4. The van der Waals surface area contributed by atoms with Crippen LogP contribution in [0.1, 0.15) is 74.0 Å². The second-order valence-electron chi connectivity index (χ2n) is 8.25. The Morgan fingerprint density at radius 2 is 1.79 bits per heavy atom. The fraction of sp³-hybridized carbons (Fsp3) is 0.520. The third-order valence-electron chi connectivity index (χ3n) is 6.20. The first-order valence-electron chi connectivity index (χ1n) is 11.2. The molecule has 4 heteroatoms. The molecule has 0 saturated heterocycles. The van der Waals surface area contributed by atoms with E-state index < -0.39 is 0 Å². The van der Waals surface area contributed by atoms with Crippen LogP contribution in [0.2, 0.25) is 0 Å². The van der Waals surface area contributed by atoms with Crippen molar-refractivity contribution in [2.24, 2.45) is 5.92 Å². The molecule has 2 aromatic rings. The fourth-order valence-corrected chi connectivity index (χ4v) is 4.52. The summed E-state index contributed by atoms with van der Waals surface area (Å²) in [7, 11) is 1.74. The van der Waals surface area contributed by atoms with Gasteiger partial charge in [0.15, 0.2) is 0 Å². The predicted molar refractivity (Wildman–Crippen MR) is 120 cm³/mol. The maximum atomic E-state index is 13.5. The third kappa shape index (κ3) is 4.80. The van der Waals surface area contributed by atoms with E-state index in [1.54, 1.807) is 11.9 Å². The molecule has 0 unspecified atom stereocenters. The lowest BCUT2D eigenvalue weighted by molar-refractivity contribution is 0.0990. The minimum absolute atomic E-state index is 0.121. The van der Waals surface area contributed by atoms with E-state index in [1.807, 2.05) is 41.0 Å². The number of carbonyl (C=O) groups excluding carboxylic acids is 1. The Morgan fingerprint density at radius 3 is 2.41 bits per heavy atom. The highest BCUT2D eigenvalue weighted by atomic mass is 16.2. The molecule has 4 nitrogen and oxygen atoms in total. The quantitative estimate of drug-likeness (QED) is 0.646. The number of pyridine rings is 1. The highest BCUT2D eigenvalue weighted by Gasteiger charge is 2.24. The van der Waals surface area contributed by atoms with Gasteiger partial charge in [0.2, 0.25) is 0 Å². The van der Waals surface area contributed by atoms with Crippen LogP contribution in [-0.4, -0.2) is 17.5 Å². The fourth-order valence-electron chi connectivity index (χ4n) is 4.52. The maximum absolute atomic E-state index is 13.5. The Kier molecular flexibility index (Phi) is 7.29. The van der Waals surface area contributed by atoms with Gasteiger partial charge in [-0.2, -0.15) is 0 Å². The van der Waals surface area contributed by atoms with Crippen LogP contribution in [0, 0.1) is 5.92 Å². The van der Waals surface area contributed by atoms with Crippen molar-refractivity contribution in [3.63, 3.8) is 0 Å². The van der Waals surface area contributed by atoms with Gasteiger partial charge in [-0.25, -0.2) is 0 Å². The van der Waals surface area contributed by atoms with Crippen molar-refractivity contribution in [3.05, 3.63) is 63.6 Å². The molecule has 1 aliphatic rings. The second kappa shape index (κ2) is 9.91. The van der Waals surface area contributed by atoms with E-state index in [0.29, 0.717) is 11.5 Å². The van der Waals surface area contributed by atoms with Crippen molar-refractivity contribution in [3.8, 4) is 0 Å². The van der Waals surface area contributed by atoms with Crippen molar-refractivity contribution in [1.82, 2.24) is 4.57 Å². The molecule has 0 atom stereocenters. The van der Waals surface area contributed by atoms with Crippen LogP contribution in [0.25, 0.3) is 0 Å². The van der Waals surface area contributed by atoms with Gasteiger partial charge < -0.3 is 9.47 Å². The largest absolute Gasteiger partial charge is 0.311 e. The standard InChI is InChI=1S/C25H34N2O2/c1-4-12-23-20(5-2)17-22(24(28)26(3)21-15-10-7-11-16-21)25(29)27(23)18-19-13-8-6-9-14-19/h7,10-11,15-17,19H,4-6,8-9,12-14,18H2,1-3H3. The van der Waals surface area contributed by atoms with Crippen LogP contribution < -0.4 is 10.5 Å². The van der Waals surface area contributed by atoms with E-state index in [-0.39, 0.29) is 11.5 Å². The topological polar surface area (TPSA) is 42.3 Å². The Labute approximate surface area is 174 Å². The summed E-state index contributed by atoms with van der Waals surface area (Å²) < 4.78 is 1.95. The van der Waals surface area contributed by atoms with Gasteiger partial charge in [-0.15, -0.1) is 0 Å². The van der Waals surface area contributed by atoms with Crippen LogP contribution in [0.15, 0.2) is 41.2 Å². The van der Waals surface area contributed by atoms with Gasteiger partial charge in [0.25, 0.3) is 11.5 Å². The molecule has 1 fully saturated rings. The summed E-state index contributed by atoms with van der Waals surface area (Å²) in [6.45, 7) is 5.01. The lowest BCUT2D eigenvalue weighted by atomic mass is 9.89. The minimum Gasteiger partial charge on any atom is -0.311 e. The Bertz CT molecular complexity index is 880. The summed E-state index contributed by atoms with van der Waals surface area (Å²) in [5.41, 5.74) is 3.23. The molecule has 1 saturated carbocycles. The van der Waals surface area contributed by atoms with Gasteiger partial charge in [-0.3, -0.25) is 9.59 Å². The zero-order valence-corrected chi connectivity index (χ0v) is 18.1. The lowest BCUT2D eigenvalue weighted by Crippen LogP contribution is -2.37. The van der Waals surface area contributed by atoms with Crippen molar-refractivity contribution in [1.29, 1.82) is 0 Å². The highest BCUT2D eigenvalue weighted by Crippen LogP contribution is 2.26. The smallest absolute Gasteiger partial charge is 0.263 e. The SMILES string of the molecule is CCCc1c(CC)cc(C(=O)N(C)c2ccccc2)c(=O)n1CC1CCCCC1. The minimum atomic E-state index is -0.226. The Morgan fingerprint density at radius 1 is 1.10 bits per heavy atom. The maximum Gasteiger partial charge on any atom is 0.263 e. The number of nitrogens with zero attached hydrogens (tertiary/aromatic N) is 2. The van der Waals surface area contributed by atoms with Gasteiger partial charge in [-0.1, -0.05) is 57.7 Å². The molecular formula is C25H34N2O2. The number of carbonyl (C=O) groups is 1. The predicted octanol–water partition coefficient (Wildman–Crippen LogP) is 5.22. The number of para-hydroxylation sites is 1. The van der Waals surface area contributed by atoms with Crippen LogP contribution in [0.4, 0.5) is 5.69 Å². The molecule has 1 heterocycles. The zero-order valence-electron chi connectivity index (χ0n) is 18.1. The van der Waals surface area contributed by atoms with Gasteiger partial charge in [0.05, 0.1) is 0 Å². The van der Waals surface area contributed by atoms with Gasteiger partial charge in [0.1, 0.15) is 5.56 Å². The number of hydrogen-bond acceptors (Lipinski definition) is 2. The molecule has 1 aliphatic carbocycles. The van der Waals surface area contributed by atoms with Gasteiger partial charge in [0, 0.05) is 25.0 Å². The molecule has 0 aliphatic heterocycles. The lowest BCUT2D eigenvalue weighted by Gasteiger charge is -2.26. The normalized spacial score (nSPS) is 14.7. The van der Waals surface area contributed by atoms with Gasteiger partial charge in [-0.05, 0) is 55.4 Å². The summed E-state index contributed by atoms with van der Waals surface area (Å²) in [6.07, 6.45) is 8.87. The van der Waals surface area contributed by atoms with Gasteiger partial charge >= 0.3 is 0 Å². The average Bonchev–Trinajstić information content (AvgIpc) is 2.77. The Hall–Kier alpha value is -2.36. The number of amides is 1. The summed E-state index contributed by atoms with van der Waals surface area (Å²) >= 11 is 0. The first kappa shape index (κ1) is 21.4. The zero-order chi connectivity index (χ0) is 20.8. The number of rotatable bonds is 7. The van der Waals surface area contributed by atoms with Crippen LogP contribution in [-0.2, 0) is 19.4 Å². The molecule has 0 radical (unpaired) electrons. The Balaban J connectivity index is 2.03. The number of aryl methyl sites for hydroxylation is 1. The van der Waals surface area contributed by atoms with Crippen LogP contribution >= 0.6 is 0 Å². The third-order valence-corrected chi connectivity index (χ3v) is 6.20. The van der Waals surface area contributed by atoms with Crippen LogP contribution in [0.3, 0.4) is 0 Å². The molecule has 3 rings (SSSR count). The van der Waals surface area contributed by atoms with Crippen molar-refractivity contribution in [2.45, 2.75) is 71.8 Å². The highest BCUT2D eigenvalue weighted by molar-refractivity contribution is 6.05. The summed E-state index contributed by atoms with van der Waals surface area (Å²) in [4.78, 5) is 28.3. The summed E-state index contributed by atoms with van der Waals surface area (Å²) in [5.74, 6) is 0.315. The number of benzene rings is 1. The molecule has 29 heavy (non-hydrogen) atoms. The number of anilines is 1. The number of hydrogen-bond donors (Lipinski definition) is 0. The van der Waals surface area contributed by atoms with E-state index in [1.165, 1.54) is 32.1 Å². The number of aromatic nitrogens is 1. The second-order valence-corrected chi connectivity index (χ2v) is 8.25. The van der Waals surface area contributed by atoms with E-state index in [4.69, 9.17) is 0 Å².